The molecule has 1 saturated heterocycles. The summed E-state index contributed by atoms with van der Waals surface area (Å²) < 4.78 is 5.30. The number of piperidine rings is 1. The molecule has 0 saturated carbocycles. The van der Waals surface area contributed by atoms with E-state index in [0.717, 1.165) is 0 Å². The number of β-amino-alcohol motifs (C(OH)–C–C–N with tert-alkyl or cyclic N) is 1. The van der Waals surface area contributed by atoms with Crippen molar-refractivity contribution in [3.8, 4) is 0 Å². The average Bonchev–Trinajstić information content (AvgIpc) is 2.28. The minimum absolute atomic E-state index is 0.0111. The molecule has 0 aromatic carbocycles. The highest BCUT2D eigenvalue weighted by Crippen LogP contribution is 2.21. The van der Waals surface area contributed by atoms with Gasteiger partial charge in [0.2, 0.25) is 5.91 Å². The average molecular weight is 258 g/mol. The summed E-state index contributed by atoms with van der Waals surface area (Å²) in [5.41, 5.74) is 3.58. The lowest BCUT2D eigenvalue weighted by Crippen LogP contribution is -2.57. The second kappa shape index (κ2) is 6.15. The zero-order valence-corrected chi connectivity index (χ0v) is 11.0. The molecule has 0 spiro atoms. The lowest BCUT2D eigenvalue weighted by atomic mass is 9.92. The Bertz CT molecular complexity index is 319. The van der Waals surface area contributed by atoms with Gasteiger partial charge in [-0.05, 0) is 26.7 Å². The summed E-state index contributed by atoms with van der Waals surface area (Å²) in [6.45, 7) is 4.69. The number of likely N-dealkylation sites (tertiary alicyclic amines) is 1. The molecule has 104 valence electrons. The molecule has 1 unspecified atom stereocenters. The Morgan fingerprint density at radius 3 is 2.72 bits per heavy atom. The van der Waals surface area contributed by atoms with Gasteiger partial charge in [0.25, 0.3) is 5.91 Å². The van der Waals surface area contributed by atoms with Gasteiger partial charge >= 0.3 is 0 Å². The molecule has 18 heavy (non-hydrogen) atoms. The fraction of sp³-hybridized carbons (Fsp3) is 0.833. The molecule has 1 aliphatic heterocycles. The van der Waals surface area contributed by atoms with Crippen LogP contribution in [0.1, 0.15) is 33.1 Å². The van der Waals surface area contributed by atoms with E-state index in [9.17, 15) is 14.7 Å². The van der Waals surface area contributed by atoms with Crippen molar-refractivity contribution >= 4 is 11.8 Å². The minimum atomic E-state index is -1.58. The summed E-state index contributed by atoms with van der Waals surface area (Å²) >= 11 is 0. The van der Waals surface area contributed by atoms with E-state index in [-0.39, 0.29) is 25.0 Å². The van der Waals surface area contributed by atoms with Crippen LogP contribution in [0.15, 0.2) is 0 Å². The van der Waals surface area contributed by atoms with E-state index < -0.39 is 11.5 Å². The Hall–Kier alpha value is -1.14. The van der Waals surface area contributed by atoms with E-state index in [1.54, 1.807) is 0 Å². The predicted octanol–water partition coefficient (Wildman–Crippen LogP) is -0.360. The van der Waals surface area contributed by atoms with Crippen molar-refractivity contribution in [2.75, 3.05) is 19.7 Å². The quantitative estimate of drug-likeness (QED) is 0.704. The van der Waals surface area contributed by atoms with Gasteiger partial charge in [-0.3, -0.25) is 9.59 Å². The third kappa shape index (κ3) is 3.96. The summed E-state index contributed by atoms with van der Waals surface area (Å²) in [7, 11) is 0. The zero-order valence-electron chi connectivity index (χ0n) is 11.0. The van der Waals surface area contributed by atoms with Crippen LogP contribution in [-0.2, 0) is 14.3 Å². The Kier molecular flexibility index (Phi) is 5.10. The number of rotatable bonds is 5. The van der Waals surface area contributed by atoms with Crippen LogP contribution in [0.4, 0.5) is 0 Å². The van der Waals surface area contributed by atoms with Crippen LogP contribution < -0.4 is 5.73 Å². The highest BCUT2D eigenvalue weighted by Gasteiger charge is 2.39. The lowest BCUT2D eigenvalue weighted by Gasteiger charge is -2.37. The van der Waals surface area contributed by atoms with E-state index in [2.05, 4.69) is 0 Å². The number of hydrogen-bond donors (Lipinski definition) is 2. The molecular weight excluding hydrogens is 236 g/mol. The summed E-state index contributed by atoms with van der Waals surface area (Å²) in [5.74, 6) is -0.881. The first-order valence-corrected chi connectivity index (χ1v) is 6.27. The third-order valence-corrected chi connectivity index (χ3v) is 3.05. The van der Waals surface area contributed by atoms with Crippen molar-refractivity contribution < 1.29 is 19.4 Å². The molecule has 1 atom stereocenters. The van der Waals surface area contributed by atoms with Gasteiger partial charge in [-0.2, -0.15) is 0 Å². The summed E-state index contributed by atoms with van der Waals surface area (Å²) in [4.78, 5) is 24.5. The van der Waals surface area contributed by atoms with Crippen LogP contribution in [-0.4, -0.2) is 53.2 Å². The van der Waals surface area contributed by atoms with Crippen molar-refractivity contribution in [2.24, 2.45) is 5.73 Å². The standard InChI is InChI=1S/C12H22N2O4/c1-9(2)18-7-4-10(15)14-6-3-5-12(17,8-14)11(13)16/h9,17H,3-8H2,1-2H3,(H2,13,16). The molecule has 6 nitrogen and oxygen atoms in total. The van der Waals surface area contributed by atoms with E-state index in [1.165, 1.54) is 4.90 Å². The lowest BCUT2D eigenvalue weighted by molar-refractivity contribution is -0.149. The number of nitrogens with two attached hydrogens (primary N) is 1. The number of aliphatic hydroxyl groups is 1. The molecule has 0 aromatic heterocycles. The Morgan fingerprint density at radius 2 is 2.17 bits per heavy atom. The molecule has 1 fully saturated rings. The van der Waals surface area contributed by atoms with E-state index in [4.69, 9.17) is 10.5 Å². The number of ether oxygens (including phenoxy) is 1. The fourth-order valence-electron chi connectivity index (χ4n) is 1.99. The topological polar surface area (TPSA) is 92.9 Å². The highest BCUT2D eigenvalue weighted by atomic mass is 16.5. The molecule has 1 heterocycles. The third-order valence-electron chi connectivity index (χ3n) is 3.05. The molecule has 1 rings (SSSR count). The number of carbonyl (C=O) groups is 2. The predicted molar refractivity (Wildman–Crippen MR) is 65.7 cm³/mol. The molecule has 0 aliphatic carbocycles. The van der Waals surface area contributed by atoms with Gasteiger partial charge in [0.1, 0.15) is 0 Å². The van der Waals surface area contributed by atoms with E-state index >= 15 is 0 Å². The van der Waals surface area contributed by atoms with Crippen LogP contribution in [0.2, 0.25) is 0 Å². The van der Waals surface area contributed by atoms with Gasteiger partial charge in [0.05, 0.1) is 25.7 Å². The summed E-state index contributed by atoms with van der Waals surface area (Å²) in [6, 6.07) is 0. The Morgan fingerprint density at radius 1 is 1.50 bits per heavy atom. The normalized spacial score (nSPS) is 24.3. The van der Waals surface area contributed by atoms with Crippen molar-refractivity contribution in [1.82, 2.24) is 4.90 Å². The number of nitrogens with zero attached hydrogens (tertiary/aromatic N) is 1. The largest absolute Gasteiger partial charge is 0.378 e. The van der Waals surface area contributed by atoms with Crippen LogP contribution >= 0.6 is 0 Å². The molecule has 6 heteroatoms. The van der Waals surface area contributed by atoms with Crippen molar-refractivity contribution in [3.05, 3.63) is 0 Å². The zero-order chi connectivity index (χ0) is 13.8. The SMILES string of the molecule is CC(C)OCCC(=O)N1CCCC(O)(C(N)=O)C1. The van der Waals surface area contributed by atoms with Crippen molar-refractivity contribution in [2.45, 2.75) is 44.8 Å². The first-order chi connectivity index (χ1) is 8.35. The van der Waals surface area contributed by atoms with Gasteiger partial charge in [-0.1, -0.05) is 0 Å². The van der Waals surface area contributed by atoms with E-state index in [1.807, 2.05) is 13.8 Å². The molecule has 2 amide bonds. The Labute approximate surface area is 107 Å². The summed E-state index contributed by atoms with van der Waals surface area (Å²) in [5, 5.41) is 9.98. The van der Waals surface area contributed by atoms with Gasteiger partial charge in [-0.15, -0.1) is 0 Å². The van der Waals surface area contributed by atoms with E-state index in [0.29, 0.717) is 26.0 Å². The fourth-order valence-corrected chi connectivity index (χ4v) is 1.99. The smallest absolute Gasteiger partial charge is 0.251 e. The molecule has 1 aliphatic rings. The maximum atomic E-state index is 11.9. The number of carbonyl (C=O) groups excluding carboxylic acids is 2. The molecular formula is C12H22N2O4. The number of primary amides is 1. The monoisotopic (exact) mass is 258 g/mol. The molecule has 0 bridgehead atoms. The first kappa shape index (κ1) is 14.9. The van der Waals surface area contributed by atoms with Gasteiger partial charge in [-0.25, -0.2) is 0 Å². The molecule has 0 radical (unpaired) electrons. The molecule has 0 aromatic rings. The first-order valence-electron chi connectivity index (χ1n) is 6.27. The van der Waals surface area contributed by atoms with Gasteiger partial charge < -0.3 is 20.5 Å². The second-order valence-corrected chi connectivity index (χ2v) is 4.98. The van der Waals surface area contributed by atoms with Gasteiger partial charge in [0.15, 0.2) is 5.60 Å². The minimum Gasteiger partial charge on any atom is -0.378 e. The van der Waals surface area contributed by atoms with Gasteiger partial charge in [0, 0.05) is 6.54 Å². The maximum Gasteiger partial charge on any atom is 0.251 e. The van der Waals surface area contributed by atoms with Crippen LogP contribution in [0.25, 0.3) is 0 Å². The maximum absolute atomic E-state index is 11.9. The van der Waals surface area contributed by atoms with Crippen molar-refractivity contribution in [1.29, 1.82) is 0 Å². The van der Waals surface area contributed by atoms with Crippen LogP contribution in [0, 0.1) is 0 Å². The molecule has 3 N–H and O–H groups in total. The number of hydrogen-bond acceptors (Lipinski definition) is 4. The highest BCUT2D eigenvalue weighted by molar-refractivity contribution is 5.85. The van der Waals surface area contributed by atoms with Crippen LogP contribution in [0.3, 0.4) is 0 Å². The van der Waals surface area contributed by atoms with Crippen LogP contribution in [0.5, 0.6) is 0 Å². The Balaban J connectivity index is 2.46. The number of amides is 2. The summed E-state index contributed by atoms with van der Waals surface area (Å²) in [6.07, 6.45) is 1.24. The second-order valence-electron chi connectivity index (χ2n) is 4.98. The van der Waals surface area contributed by atoms with Crippen molar-refractivity contribution in [3.63, 3.8) is 0 Å².